The van der Waals surface area contributed by atoms with E-state index in [9.17, 15) is 4.79 Å². The average molecular weight is 359 g/mol. The second-order valence-electron chi connectivity index (χ2n) is 7.29. The molecule has 1 saturated carbocycles. The number of aromatic amines is 1. The minimum atomic E-state index is -0.255. The van der Waals surface area contributed by atoms with E-state index in [1.165, 1.54) is 36.7 Å². The fraction of sp³-hybridized carbons (Fsp3) is 0.292. The highest BCUT2D eigenvalue weighted by Gasteiger charge is 2.40. The highest BCUT2D eigenvalue weighted by Crippen LogP contribution is 2.52. The fourth-order valence-electron chi connectivity index (χ4n) is 4.40. The molecule has 3 heteroatoms. The van der Waals surface area contributed by atoms with Crippen LogP contribution in [-0.4, -0.2) is 18.1 Å². The minimum absolute atomic E-state index is 0. The molecular weight excluding hydrogens is 334 g/mol. The molecule has 1 atom stereocenters. The van der Waals surface area contributed by atoms with Crippen molar-refractivity contribution in [2.45, 2.75) is 32.6 Å². The first-order valence-electron chi connectivity index (χ1n) is 9.25. The van der Waals surface area contributed by atoms with Crippen molar-refractivity contribution in [3.63, 3.8) is 0 Å². The van der Waals surface area contributed by atoms with Gasteiger partial charge in [-0.1, -0.05) is 56.0 Å². The summed E-state index contributed by atoms with van der Waals surface area (Å²) in [4.78, 5) is 16.2. The van der Waals surface area contributed by atoms with Gasteiger partial charge < -0.3 is 9.72 Å². The summed E-state index contributed by atoms with van der Waals surface area (Å²) in [5.74, 6) is 0.555. The Morgan fingerprint density at radius 2 is 1.85 bits per heavy atom. The number of nitrogens with one attached hydrogen (secondary N) is 1. The Balaban J connectivity index is 0.00000180. The van der Waals surface area contributed by atoms with Gasteiger partial charge in [-0.15, -0.1) is 0 Å². The molecule has 2 aliphatic carbocycles. The third-order valence-electron chi connectivity index (χ3n) is 5.73. The Labute approximate surface area is 160 Å². The van der Waals surface area contributed by atoms with Crippen LogP contribution in [0.15, 0.2) is 54.6 Å². The van der Waals surface area contributed by atoms with Gasteiger partial charge in [0.15, 0.2) is 0 Å². The summed E-state index contributed by atoms with van der Waals surface area (Å²) < 4.78 is 5.15. The van der Waals surface area contributed by atoms with Gasteiger partial charge in [0, 0.05) is 22.5 Å². The number of ether oxygens (including phenoxy) is 1. The lowest BCUT2D eigenvalue weighted by molar-refractivity contribution is 0.0601. The number of hydrogen-bond donors (Lipinski definition) is 1. The van der Waals surface area contributed by atoms with Crippen molar-refractivity contribution in [3.05, 3.63) is 77.0 Å². The Morgan fingerprint density at radius 1 is 1.11 bits per heavy atom. The maximum absolute atomic E-state index is 12.7. The Kier molecular flexibility index (Phi) is 4.39. The molecule has 5 rings (SSSR count). The monoisotopic (exact) mass is 359 g/mol. The number of aromatic nitrogens is 1. The van der Waals surface area contributed by atoms with Crippen LogP contribution in [0.1, 0.15) is 53.4 Å². The van der Waals surface area contributed by atoms with Crippen molar-refractivity contribution >= 4 is 22.4 Å². The molecule has 0 bridgehead atoms. The van der Waals surface area contributed by atoms with E-state index in [1.54, 1.807) is 0 Å². The zero-order valence-corrected chi connectivity index (χ0v) is 14.8. The van der Waals surface area contributed by atoms with Crippen molar-refractivity contribution in [1.29, 1.82) is 0 Å². The fourth-order valence-corrected chi connectivity index (χ4v) is 4.40. The van der Waals surface area contributed by atoms with Crippen LogP contribution >= 0.6 is 0 Å². The summed E-state index contributed by atoms with van der Waals surface area (Å²) in [5.41, 5.74) is 6.79. The van der Waals surface area contributed by atoms with Gasteiger partial charge >= 0.3 is 5.97 Å². The minimum Gasteiger partial charge on any atom is -0.465 e. The van der Waals surface area contributed by atoms with Crippen LogP contribution in [0, 0.1) is 5.92 Å². The van der Waals surface area contributed by atoms with Gasteiger partial charge in [0.05, 0.1) is 12.7 Å². The van der Waals surface area contributed by atoms with Gasteiger partial charge in [0.1, 0.15) is 0 Å². The van der Waals surface area contributed by atoms with Crippen LogP contribution in [0.5, 0.6) is 0 Å². The van der Waals surface area contributed by atoms with E-state index >= 15 is 0 Å². The van der Waals surface area contributed by atoms with E-state index in [0.29, 0.717) is 11.5 Å². The summed E-state index contributed by atoms with van der Waals surface area (Å²) in [6, 6.07) is 16.6. The molecule has 0 spiro atoms. The molecule has 1 aromatic heterocycles. The van der Waals surface area contributed by atoms with Crippen molar-refractivity contribution in [2.75, 3.05) is 7.11 Å². The molecule has 1 fully saturated rings. The van der Waals surface area contributed by atoms with Crippen LogP contribution in [-0.2, 0) is 11.2 Å². The quantitative estimate of drug-likeness (QED) is 0.605. The second-order valence-corrected chi connectivity index (χ2v) is 7.29. The number of fused-ring (bicyclic) bond motifs is 2. The normalized spacial score (nSPS) is 16.4. The predicted molar refractivity (Wildman–Crippen MR) is 110 cm³/mol. The van der Waals surface area contributed by atoms with Gasteiger partial charge in [-0.25, -0.2) is 4.79 Å². The molecule has 27 heavy (non-hydrogen) atoms. The zero-order chi connectivity index (χ0) is 17.7. The van der Waals surface area contributed by atoms with E-state index in [1.807, 2.05) is 24.3 Å². The highest BCUT2D eigenvalue weighted by atomic mass is 16.5. The lowest BCUT2D eigenvalue weighted by Gasteiger charge is -2.20. The smallest absolute Gasteiger partial charge is 0.340 e. The standard InChI is InChI=1S/C23H21NO2.CH4/c1-26-23(25)21-18-8-4-5-9-19(18)24-22(21)20(15-10-11-15)17-13-12-14-6-2-3-7-16(14)17;/h2-9,13,15,20,24H,10-12H2,1H3;1H4. The number of methoxy groups -OCH3 is 1. The molecule has 0 saturated heterocycles. The number of esters is 1. The SMILES string of the molecule is C.COC(=O)c1c(C(C2=CCc3ccccc32)C2CC2)[nH]c2ccccc12. The van der Waals surface area contributed by atoms with Crippen LogP contribution < -0.4 is 0 Å². The average Bonchev–Trinajstić information content (AvgIpc) is 3.31. The molecule has 2 aliphatic rings. The third kappa shape index (κ3) is 2.78. The first-order valence-corrected chi connectivity index (χ1v) is 9.25. The number of H-pyrrole nitrogens is 1. The summed E-state index contributed by atoms with van der Waals surface area (Å²) in [7, 11) is 1.46. The van der Waals surface area contributed by atoms with Crippen LogP contribution in [0.3, 0.4) is 0 Å². The van der Waals surface area contributed by atoms with E-state index in [2.05, 4.69) is 35.3 Å². The predicted octanol–water partition coefficient (Wildman–Crippen LogP) is 5.72. The number of rotatable bonds is 4. The van der Waals surface area contributed by atoms with Gasteiger partial charge in [-0.2, -0.15) is 0 Å². The number of hydrogen-bond acceptors (Lipinski definition) is 2. The number of carbonyl (C=O) groups excluding carboxylic acids is 1. The van der Waals surface area contributed by atoms with E-state index in [0.717, 1.165) is 23.0 Å². The topological polar surface area (TPSA) is 42.1 Å². The third-order valence-corrected chi connectivity index (χ3v) is 5.73. The van der Waals surface area contributed by atoms with E-state index in [4.69, 9.17) is 4.74 Å². The molecular formula is C24H25NO2. The van der Waals surface area contributed by atoms with Crippen LogP contribution in [0.25, 0.3) is 16.5 Å². The maximum atomic E-state index is 12.7. The molecule has 0 radical (unpaired) electrons. The molecule has 138 valence electrons. The number of para-hydroxylation sites is 1. The Bertz CT molecular complexity index is 1040. The highest BCUT2D eigenvalue weighted by molar-refractivity contribution is 6.06. The van der Waals surface area contributed by atoms with Gasteiger partial charge in [-0.05, 0) is 47.9 Å². The molecule has 1 N–H and O–H groups in total. The van der Waals surface area contributed by atoms with Crippen molar-refractivity contribution < 1.29 is 9.53 Å². The molecule has 3 nitrogen and oxygen atoms in total. The Morgan fingerprint density at radius 3 is 2.63 bits per heavy atom. The van der Waals surface area contributed by atoms with E-state index in [-0.39, 0.29) is 19.3 Å². The van der Waals surface area contributed by atoms with Gasteiger partial charge in [-0.3, -0.25) is 0 Å². The molecule has 3 aromatic rings. The first kappa shape index (κ1) is 17.6. The summed E-state index contributed by atoms with van der Waals surface area (Å²) in [5, 5.41) is 0.951. The van der Waals surface area contributed by atoms with Crippen molar-refractivity contribution in [1.82, 2.24) is 4.98 Å². The first-order chi connectivity index (χ1) is 12.8. The number of carbonyl (C=O) groups is 1. The lowest BCUT2D eigenvalue weighted by atomic mass is 9.85. The maximum Gasteiger partial charge on any atom is 0.340 e. The van der Waals surface area contributed by atoms with Crippen LogP contribution in [0.4, 0.5) is 0 Å². The van der Waals surface area contributed by atoms with Gasteiger partial charge in [0.25, 0.3) is 0 Å². The van der Waals surface area contributed by atoms with Crippen molar-refractivity contribution in [3.8, 4) is 0 Å². The second kappa shape index (κ2) is 6.73. The lowest BCUT2D eigenvalue weighted by Crippen LogP contribution is -2.11. The number of allylic oxidation sites excluding steroid dienone is 2. The number of benzene rings is 2. The van der Waals surface area contributed by atoms with Gasteiger partial charge in [0.2, 0.25) is 0 Å². The zero-order valence-electron chi connectivity index (χ0n) is 14.8. The van der Waals surface area contributed by atoms with Crippen molar-refractivity contribution in [2.24, 2.45) is 5.92 Å². The molecule has 0 aliphatic heterocycles. The van der Waals surface area contributed by atoms with E-state index < -0.39 is 0 Å². The molecule has 0 amide bonds. The molecule has 2 aromatic carbocycles. The molecule has 1 unspecified atom stereocenters. The summed E-state index contributed by atoms with van der Waals surface area (Å²) >= 11 is 0. The Hall–Kier alpha value is -2.81. The summed E-state index contributed by atoms with van der Waals surface area (Å²) in [6.07, 6.45) is 5.74. The summed E-state index contributed by atoms with van der Waals surface area (Å²) in [6.45, 7) is 0. The largest absolute Gasteiger partial charge is 0.465 e. The molecule has 1 heterocycles. The van der Waals surface area contributed by atoms with Crippen LogP contribution in [0.2, 0.25) is 0 Å².